The van der Waals surface area contributed by atoms with Gasteiger partial charge < -0.3 is 4.74 Å². The van der Waals surface area contributed by atoms with Crippen LogP contribution in [-0.4, -0.2) is 16.4 Å². The van der Waals surface area contributed by atoms with Crippen LogP contribution < -0.4 is 4.74 Å². The van der Waals surface area contributed by atoms with Crippen molar-refractivity contribution in [1.29, 1.82) is 0 Å². The van der Waals surface area contributed by atoms with Crippen LogP contribution in [0.1, 0.15) is 18.2 Å². The lowest BCUT2D eigenvalue weighted by atomic mass is 10.1. The van der Waals surface area contributed by atoms with Gasteiger partial charge in [0.05, 0.1) is 12.7 Å². The van der Waals surface area contributed by atoms with E-state index in [9.17, 15) is 0 Å². The van der Waals surface area contributed by atoms with E-state index in [1.54, 1.807) is 6.20 Å². The fourth-order valence-electron chi connectivity index (χ4n) is 2.10. The first-order valence-electron chi connectivity index (χ1n) is 5.74. The number of hydrogen-bond acceptors (Lipinski definition) is 2. The van der Waals surface area contributed by atoms with Crippen LogP contribution in [0.3, 0.4) is 0 Å². The van der Waals surface area contributed by atoms with Crippen molar-refractivity contribution in [3.05, 3.63) is 53.9 Å². The average molecular weight is 226 g/mol. The smallest absolute Gasteiger partial charge is 0.165 e. The molecule has 1 aliphatic rings. The van der Waals surface area contributed by atoms with E-state index in [0.29, 0.717) is 6.61 Å². The molecule has 1 aromatic carbocycles. The summed E-state index contributed by atoms with van der Waals surface area (Å²) in [6, 6.07) is 10.3. The number of aromatic nitrogens is 2. The van der Waals surface area contributed by atoms with Crippen molar-refractivity contribution in [2.24, 2.45) is 0 Å². The molecule has 2 heterocycles. The third kappa shape index (κ3) is 1.84. The Morgan fingerprint density at radius 1 is 1.29 bits per heavy atom. The van der Waals surface area contributed by atoms with Gasteiger partial charge in [-0.25, -0.2) is 0 Å². The Hall–Kier alpha value is -2.03. The maximum atomic E-state index is 5.55. The van der Waals surface area contributed by atoms with Crippen LogP contribution >= 0.6 is 0 Å². The van der Waals surface area contributed by atoms with Crippen molar-refractivity contribution < 1.29 is 4.74 Å². The lowest BCUT2D eigenvalue weighted by molar-refractivity contribution is 0.356. The van der Waals surface area contributed by atoms with Crippen LogP contribution in [0.25, 0.3) is 5.57 Å². The lowest BCUT2D eigenvalue weighted by Gasteiger charge is -2.14. The third-order valence-electron chi connectivity index (χ3n) is 2.98. The number of rotatable bonds is 2. The summed E-state index contributed by atoms with van der Waals surface area (Å²) in [7, 11) is 0. The Morgan fingerprint density at radius 2 is 2.12 bits per heavy atom. The molecule has 2 aromatic rings. The molecule has 0 amide bonds. The predicted molar refractivity (Wildman–Crippen MR) is 66.9 cm³/mol. The summed E-state index contributed by atoms with van der Waals surface area (Å²) in [6.07, 6.45) is 3.89. The van der Waals surface area contributed by atoms with Crippen molar-refractivity contribution in [3.63, 3.8) is 0 Å². The minimum Gasteiger partial charge on any atom is -0.486 e. The van der Waals surface area contributed by atoms with Gasteiger partial charge in [0.2, 0.25) is 0 Å². The highest BCUT2D eigenvalue weighted by atomic mass is 16.5. The Kier molecular flexibility index (Phi) is 2.44. The molecule has 17 heavy (non-hydrogen) atoms. The standard InChI is InChI=1S/C14H14N2O/c1-11-7-8-17-13-9-15-16(14(11)13)10-12-5-3-2-4-6-12/h2-7,9H,8,10H2,1H3. The lowest BCUT2D eigenvalue weighted by Crippen LogP contribution is -2.09. The molecule has 0 saturated carbocycles. The van der Waals surface area contributed by atoms with E-state index in [1.807, 2.05) is 22.9 Å². The Bertz CT molecular complexity index is 555. The molecule has 0 spiro atoms. The number of ether oxygens (including phenoxy) is 1. The number of allylic oxidation sites excluding steroid dienone is 1. The monoisotopic (exact) mass is 226 g/mol. The van der Waals surface area contributed by atoms with Gasteiger partial charge in [0, 0.05) is 0 Å². The van der Waals surface area contributed by atoms with E-state index in [4.69, 9.17) is 4.74 Å². The molecule has 0 N–H and O–H groups in total. The van der Waals surface area contributed by atoms with Crippen molar-refractivity contribution in [3.8, 4) is 5.75 Å². The molecule has 0 unspecified atom stereocenters. The zero-order valence-electron chi connectivity index (χ0n) is 9.76. The fraction of sp³-hybridized carbons (Fsp3) is 0.214. The normalized spacial score (nSPS) is 13.8. The number of hydrogen-bond donors (Lipinski definition) is 0. The summed E-state index contributed by atoms with van der Waals surface area (Å²) < 4.78 is 7.55. The van der Waals surface area contributed by atoms with E-state index in [0.717, 1.165) is 18.0 Å². The number of nitrogens with zero attached hydrogens (tertiary/aromatic N) is 2. The van der Waals surface area contributed by atoms with Crippen molar-refractivity contribution >= 4 is 5.57 Å². The van der Waals surface area contributed by atoms with Gasteiger partial charge >= 0.3 is 0 Å². The zero-order chi connectivity index (χ0) is 11.7. The van der Waals surface area contributed by atoms with Crippen LogP contribution in [0.5, 0.6) is 5.75 Å². The number of fused-ring (bicyclic) bond motifs is 1. The highest BCUT2D eigenvalue weighted by molar-refractivity contribution is 5.67. The first-order valence-corrected chi connectivity index (χ1v) is 5.74. The van der Waals surface area contributed by atoms with Crippen molar-refractivity contribution in [2.45, 2.75) is 13.5 Å². The van der Waals surface area contributed by atoms with Crippen LogP contribution in [0.15, 0.2) is 42.6 Å². The van der Waals surface area contributed by atoms with E-state index in [-0.39, 0.29) is 0 Å². The van der Waals surface area contributed by atoms with Gasteiger partial charge in [-0.3, -0.25) is 4.68 Å². The Morgan fingerprint density at radius 3 is 2.94 bits per heavy atom. The molecule has 1 aromatic heterocycles. The summed E-state index contributed by atoms with van der Waals surface area (Å²) >= 11 is 0. The number of benzene rings is 1. The van der Waals surface area contributed by atoms with Gasteiger partial charge in [-0.2, -0.15) is 5.10 Å². The summed E-state index contributed by atoms with van der Waals surface area (Å²) in [5.74, 6) is 0.890. The Balaban J connectivity index is 1.96. The van der Waals surface area contributed by atoms with Gasteiger partial charge in [0.15, 0.2) is 5.75 Å². The zero-order valence-corrected chi connectivity index (χ0v) is 9.76. The summed E-state index contributed by atoms with van der Waals surface area (Å²) in [5, 5.41) is 4.39. The second-order valence-electron chi connectivity index (χ2n) is 4.20. The highest BCUT2D eigenvalue weighted by Gasteiger charge is 2.16. The molecular formula is C14H14N2O. The van der Waals surface area contributed by atoms with E-state index in [1.165, 1.54) is 11.1 Å². The molecule has 0 aliphatic carbocycles. The van der Waals surface area contributed by atoms with Crippen LogP contribution in [0.2, 0.25) is 0 Å². The molecule has 0 atom stereocenters. The van der Waals surface area contributed by atoms with E-state index < -0.39 is 0 Å². The van der Waals surface area contributed by atoms with Crippen LogP contribution in [0, 0.1) is 0 Å². The van der Waals surface area contributed by atoms with Gasteiger partial charge in [-0.05, 0) is 24.1 Å². The second-order valence-corrected chi connectivity index (χ2v) is 4.20. The molecular weight excluding hydrogens is 212 g/mol. The largest absolute Gasteiger partial charge is 0.486 e. The molecule has 0 saturated heterocycles. The third-order valence-corrected chi connectivity index (χ3v) is 2.98. The van der Waals surface area contributed by atoms with Gasteiger partial charge in [-0.15, -0.1) is 0 Å². The van der Waals surface area contributed by atoms with E-state index in [2.05, 4.69) is 30.2 Å². The first-order chi connectivity index (χ1) is 8.34. The van der Waals surface area contributed by atoms with Gasteiger partial charge in [-0.1, -0.05) is 30.3 Å². The van der Waals surface area contributed by atoms with Crippen molar-refractivity contribution in [1.82, 2.24) is 9.78 Å². The quantitative estimate of drug-likeness (QED) is 0.787. The SMILES string of the molecule is CC1=CCOc2cnn(Cc3ccccc3)c21. The van der Waals surface area contributed by atoms with Crippen LogP contribution in [0.4, 0.5) is 0 Å². The van der Waals surface area contributed by atoms with Crippen molar-refractivity contribution in [2.75, 3.05) is 6.61 Å². The maximum Gasteiger partial charge on any atom is 0.165 e. The molecule has 3 rings (SSSR count). The Labute approximate surface area is 100 Å². The molecule has 0 bridgehead atoms. The second kappa shape index (κ2) is 4.09. The molecule has 1 aliphatic heterocycles. The predicted octanol–water partition coefficient (Wildman–Crippen LogP) is 2.73. The molecule has 0 radical (unpaired) electrons. The first kappa shape index (κ1) is 10.1. The topological polar surface area (TPSA) is 27.1 Å². The highest BCUT2D eigenvalue weighted by Crippen LogP contribution is 2.29. The summed E-state index contributed by atoms with van der Waals surface area (Å²) in [6.45, 7) is 3.53. The average Bonchev–Trinajstić information content (AvgIpc) is 2.75. The summed E-state index contributed by atoms with van der Waals surface area (Å²) in [4.78, 5) is 0. The minimum absolute atomic E-state index is 0.649. The molecule has 3 nitrogen and oxygen atoms in total. The van der Waals surface area contributed by atoms with Gasteiger partial charge in [0.1, 0.15) is 12.3 Å². The van der Waals surface area contributed by atoms with E-state index >= 15 is 0 Å². The molecule has 3 heteroatoms. The fourth-order valence-corrected chi connectivity index (χ4v) is 2.10. The molecule has 86 valence electrons. The minimum atomic E-state index is 0.649. The molecule has 0 fully saturated rings. The summed E-state index contributed by atoms with van der Waals surface area (Å²) in [5.41, 5.74) is 3.58. The maximum absolute atomic E-state index is 5.55. The van der Waals surface area contributed by atoms with Crippen LogP contribution in [-0.2, 0) is 6.54 Å². The van der Waals surface area contributed by atoms with Gasteiger partial charge in [0.25, 0.3) is 0 Å².